The summed E-state index contributed by atoms with van der Waals surface area (Å²) in [6.07, 6.45) is 0. The number of thiocarbonyl (C=S) groups is 1. The van der Waals surface area contributed by atoms with Crippen molar-refractivity contribution in [3.63, 3.8) is 0 Å². The largest absolute Gasteiger partial charge is 0.363 e. The SMILES string of the molecule is CCNC(=S)N1CC[NH+](Cc2ccc(C#N)cc2)CC1. The summed E-state index contributed by atoms with van der Waals surface area (Å²) in [6.45, 7) is 8.20. The Kier molecular flexibility index (Phi) is 5.33. The lowest BCUT2D eigenvalue weighted by molar-refractivity contribution is -0.917. The Hall–Kier alpha value is -1.64. The van der Waals surface area contributed by atoms with E-state index >= 15 is 0 Å². The molecule has 1 fully saturated rings. The van der Waals surface area contributed by atoms with E-state index in [2.05, 4.69) is 35.3 Å². The molecule has 4 nitrogen and oxygen atoms in total. The number of nitrogens with zero attached hydrogens (tertiary/aromatic N) is 2. The van der Waals surface area contributed by atoms with Crippen molar-refractivity contribution in [1.82, 2.24) is 10.2 Å². The molecule has 20 heavy (non-hydrogen) atoms. The first-order chi connectivity index (χ1) is 9.72. The van der Waals surface area contributed by atoms with Crippen molar-refractivity contribution < 1.29 is 4.90 Å². The summed E-state index contributed by atoms with van der Waals surface area (Å²) < 4.78 is 0. The Morgan fingerprint density at radius 2 is 2.00 bits per heavy atom. The number of hydrogen-bond donors (Lipinski definition) is 2. The summed E-state index contributed by atoms with van der Waals surface area (Å²) in [6, 6.07) is 10.1. The highest BCUT2D eigenvalue weighted by Crippen LogP contribution is 2.02. The van der Waals surface area contributed by atoms with Gasteiger partial charge in [0, 0.05) is 12.1 Å². The third-order valence-electron chi connectivity index (χ3n) is 3.62. The number of nitriles is 1. The Morgan fingerprint density at radius 3 is 2.55 bits per heavy atom. The zero-order chi connectivity index (χ0) is 14.4. The first-order valence-corrected chi connectivity index (χ1v) is 7.49. The highest BCUT2D eigenvalue weighted by molar-refractivity contribution is 7.80. The van der Waals surface area contributed by atoms with Crippen LogP contribution in [-0.2, 0) is 6.54 Å². The lowest BCUT2D eigenvalue weighted by Gasteiger charge is -2.33. The van der Waals surface area contributed by atoms with Gasteiger partial charge in [-0.25, -0.2) is 0 Å². The predicted octanol–water partition coefficient (Wildman–Crippen LogP) is 0.153. The van der Waals surface area contributed by atoms with E-state index < -0.39 is 0 Å². The molecule has 1 aromatic rings. The van der Waals surface area contributed by atoms with E-state index in [1.807, 2.05) is 12.1 Å². The van der Waals surface area contributed by atoms with Gasteiger partial charge in [-0.15, -0.1) is 0 Å². The molecule has 1 heterocycles. The number of hydrogen-bond acceptors (Lipinski definition) is 2. The lowest BCUT2D eigenvalue weighted by atomic mass is 10.1. The molecule has 1 saturated heterocycles. The van der Waals surface area contributed by atoms with Crippen LogP contribution in [0, 0.1) is 11.3 Å². The molecule has 0 aromatic heterocycles. The van der Waals surface area contributed by atoms with Crippen molar-refractivity contribution in [1.29, 1.82) is 5.26 Å². The van der Waals surface area contributed by atoms with E-state index in [1.165, 1.54) is 5.56 Å². The van der Waals surface area contributed by atoms with Crippen LogP contribution in [0.2, 0.25) is 0 Å². The van der Waals surface area contributed by atoms with Gasteiger partial charge < -0.3 is 15.1 Å². The monoisotopic (exact) mass is 289 g/mol. The molecule has 0 amide bonds. The van der Waals surface area contributed by atoms with E-state index in [0.29, 0.717) is 0 Å². The fraction of sp³-hybridized carbons (Fsp3) is 0.467. The highest BCUT2D eigenvalue weighted by Gasteiger charge is 2.21. The minimum Gasteiger partial charge on any atom is -0.363 e. The minimum absolute atomic E-state index is 0.726. The molecule has 0 spiro atoms. The Balaban J connectivity index is 1.82. The van der Waals surface area contributed by atoms with Gasteiger partial charge in [0.25, 0.3) is 0 Å². The van der Waals surface area contributed by atoms with E-state index in [0.717, 1.165) is 49.9 Å². The summed E-state index contributed by atoms with van der Waals surface area (Å²) in [5.74, 6) is 0. The molecule has 1 aromatic carbocycles. The maximum absolute atomic E-state index is 8.80. The first kappa shape index (κ1) is 14.8. The smallest absolute Gasteiger partial charge is 0.169 e. The molecule has 1 aliphatic rings. The van der Waals surface area contributed by atoms with Gasteiger partial charge in [0.15, 0.2) is 5.11 Å². The van der Waals surface area contributed by atoms with Crippen LogP contribution in [0.5, 0.6) is 0 Å². The number of benzene rings is 1. The number of quaternary nitrogens is 1. The van der Waals surface area contributed by atoms with Gasteiger partial charge in [0.05, 0.1) is 37.8 Å². The first-order valence-electron chi connectivity index (χ1n) is 7.08. The summed E-state index contributed by atoms with van der Waals surface area (Å²) in [5, 5.41) is 12.9. The summed E-state index contributed by atoms with van der Waals surface area (Å²) in [7, 11) is 0. The van der Waals surface area contributed by atoms with E-state index in [4.69, 9.17) is 17.5 Å². The maximum Gasteiger partial charge on any atom is 0.169 e. The van der Waals surface area contributed by atoms with Crippen LogP contribution < -0.4 is 10.2 Å². The van der Waals surface area contributed by atoms with Gasteiger partial charge in [0.1, 0.15) is 6.54 Å². The summed E-state index contributed by atoms with van der Waals surface area (Å²) >= 11 is 5.34. The van der Waals surface area contributed by atoms with E-state index in [9.17, 15) is 0 Å². The van der Waals surface area contributed by atoms with Crippen molar-refractivity contribution in [2.75, 3.05) is 32.7 Å². The number of rotatable bonds is 3. The highest BCUT2D eigenvalue weighted by atomic mass is 32.1. The molecular weight excluding hydrogens is 268 g/mol. The van der Waals surface area contributed by atoms with Crippen LogP contribution in [0.1, 0.15) is 18.1 Å². The van der Waals surface area contributed by atoms with Crippen LogP contribution in [-0.4, -0.2) is 42.7 Å². The van der Waals surface area contributed by atoms with Crippen LogP contribution in [0.15, 0.2) is 24.3 Å². The van der Waals surface area contributed by atoms with Gasteiger partial charge in [-0.05, 0) is 31.3 Å². The molecule has 0 atom stereocenters. The topological polar surface area (TPSA) is 43.5 Å². The fourth-order valence-corrected chi connectivity index (χ4v) is 2.78. The second-order valence-electron chi connectivity index (χ2n) is 5.06. The molecule has 0 saturated carbocycles. The van der Waals surface area contributed by atoms with Crippen LogP contribution in [0.3, 0.4) is 0 Å². The van der Waals surface area contributed by atoms with Crippen LogP contribution in [0.4, 0.5) is 0 Å². The summed E-state index contributed by atoms with van der Waals surface area (Å²) in [4.78, 5) is 3.83. The van der Waals surface area contributed by atoms with Gasteiger partial charge in [0.2, 0.25) is 0 Å². The van der Waals surface area contributed by atoms with Crippen LogP contribution in [0.25, 0.3) is 0 Å². The van der Waals surface area contributed by atoms with E-state index in [1.54, 1.807) is 4.90 Å². The molecule has 0 radical (unpaired) electrons. The molecule has 2 N–H and O–H groups in total. The molecule has 1 aliphatic heterocycles. The third-order valence-corrected chi connectivity index (χ3v) is 4.03. The molecule has 106 valence electrons. The lowest BCUT2D eigenvalue weighted by Crippen LogP contribution is -3.13. The molecule has 2 rings (SSSR count). The Labute approximate surface area is 126 Å². The molecular formula is C15H21N4S+. The van der Waals surface area contributed by atoms with Gasteiger partial charge in [-0.3, -0.25) is 0 Å². The van der Waals surface area contributed by atoms with E-state index in [-0.39, 0.29) is 0 Å². The average molecular weight is 289 g/mol. The normalized spacial score (nSPS) is 15.7. The average Bonchev–Trinajstić information content (AvgIpc) is 2.49. The zero-order valence-corrected chi connectivity index (χ0v) is 12.7. The van der Waals surface area contributed by atoms with Crippen LogP contribution >= 0.6 is 12.2 Å². The van der Waals surface area contributed by atoms with Crippen molar-refractivity contribution in [3.05, 3.63) is 35.4 Å². The predicted molar refractivity (Wildman–Crippen MR) is 83.4 cm³/mol. The molecule has 5 heteroatoms. The second-order valence-corrected chi connectivity index (χ2v) is 5.44. The fourth-order valence-electron chi connectivity index (χ4n) is 2.45. The third kappa shape index (κ3) is 3.92. The maximum atomic E-state index is 8.80. The quantitative estimate of drug-likeness (QED) is 0.778. The number of nitrogens with one attached hydrogen (secondary N) is 2. The Bertz CT molecular complexity index is 484. The number of piperazine rings is 1. The molecule has 0 unspecified atom stereocenters. The zero-order valence-electron chi connectivity index (χ0n) is 11.9. The van der Waals surface area contributed by atoms with Gasteiger partial charge in [-0.1, -0.05) is 12.1 Å². The van der Waals surface area contributed by atoms with Crippen molar-refractivity contribution in [3.8, 4) is 6.07 Å². The van der Waals surface area contributed by atoms with Crippen molar-refractivity contribution in [2.45, 2.75) is 13.5 Å². The standard InChI is InChI=1S/C15H20N4S/c1-2-17-15(20)19-9-7-18(8-10-19)12-14-5-3-13(11-16)4-6-14/h3-6H,2,7-10,12H2,1H3,(H,17,20)/p+1. The minimum atomic E-state index is 0.726. The van der Waals surface area contributed by atoms with Crippen molar-refractivity contribution >= 4 is 17.3 Å². The van der Waals surface area contributed by atoms with Crippen molar-refractivity contribution in [2.24, 2.45) is 0 Å². The Morgan fingerprint density at radius 1 is 1.35 bits per heavy atom. The van der Waals surface area contributed by atoms with Gasteiger partial charge >= 0.3 is 0 Å². The summed E-state index contributed by atoms with van der Waals surface area (Å²) in [5.41, 5.74) is 2.02. The second kappa shape index (κ2) is 7.22. The van der Waals surface area contributed by atoms with Gasteiger partial charge in [-0.2, -0.15) is 5.26 Å². The molecule has 0 bridgehead atoms. The molecule has 0 aliphatic carbocycles.